The van der Waals surface area contributed by atoms with Crippen LogP contribution in [0.4, 0.5) is 4.79 Å². The summed E-state index contributed by atoms with van der Waals surface area (Å²) in [7, 11) is 0. The van der Waals surface area contributed by atoms with E-state index in [1.807, 2.05) is 0 Å². The molecule has 0 unspecified atom stereocenters. The fraction of sp³-hybridized carbons (Fsp3) is 0.667. The average molecular weight is 272 g/mol. The van der Waals surface area contributed by atoms with Gasteiger partial charge in [0.2, 0.25) is 0 Å². The number of carbonyl (C=O) groups is 2. The molecule has 0 aliphatic carbocycles. The minimum atomic E-state index is -1.10. The van der Waals surface area contributed by atoms with Crippen molar-refractivity contribution >= 4 is 12.0 Å². The highest BCUT2D eigenvalue weighted by molar-refractivity contribution is 5.83. The lowest BCUT2D eigenvalue weighted by atomic mass is 10.2. The Morgan fingerprint density at radius 1 is 1.47 bits per heavy atom. The molecule has 2 atom stereocenters. The van der Waals surface area contributed by atoms with Gasteiger partial charge in [0.05, 0.1) is 19.3 Å². The monoisotopic (exact) mass is 272 g/mol. The van der Waals surface area contributed by atoms with E-state index in [2.05, 4.69) is 11.9 Å². The number of nitrogens with zero attached hydrogens (tertiary/aromatic N) is 1. The Labute approximate surface area is 111 Å². The molecule has 1 fully saturated rings. The highest BCUT2D eigenvalue weighted by Gasteiger charge is 2.38. The molecule has 19 heavy (non-hydrogen) atoms. The number of carboxylic acids is 1. The lowest BCUT2D eigenvalue weighted by molar-refractivity contribution is -0.141. The molecule has 1 saturated heterocycles. The van der Waals surface area contributed by atoms with Crippen LogP contribution in [0, 0.1) is 0 Å². The minimum Gasteiger partial charge on any atom is -0.480 e. The van der Waals surface area contributed by atoms with Crippen LogP contribution < -0.4 is 5.32 Å². The van der Waals surface area contributed by atoms with E-state index in [0.717, 1.165) is 11.3 Å². The summed E-state index contributed by atoms with van der Waals surface area (Å²) in [4.78, 5) is 23.8. The van der Waals surface area contributed by atoms with E-state index in [1.54, 1.807) is 6.08 Å². The molecule has 1 heterocycles. The Balaban J connectivity index is 2.28. The van der Waals surface area contributed by atoms with Gasteiger partial charge in [-0.05, 0) is 6.42 Å². The van der Waals surface area contributed by atoms with E-state index in [-0.39, 0.29) is 13.0 Å². The number of carboxylic acid groups (broad SMARTS) is 1. The van der Waals surface area contributed by atoms with Gasteiger partial charge in [-0.15, -0.1) is 6.58 Å². The minimum absolute atomic E-state index is 0.0418. The van der Waals surface area contributed by atoms with Gasteiger partial charge < -0.3 is 25.2 Å². The van der Waals surface area contributed by atoms with Crippen molar-refractivity contribution < 1.29 is 24.5 Å². The van der Waals surface area contributed by atoms with Gasteiger partial charge in [0.25, 0.3) is 0 Å². The fourth-order valence-corrected chi connectivity index (χ4v) is 1.87. The number of nitrogens with one attached hydrogen (secondary N) is 1. The molecule has 1 aliphatic rings. The molecule has 0 spiro atoms. The van der Waals surface area contributed by atoms with Crippen LogP contribution in [-0.4, -0.2) is 65.6 Å². The van der Waals surface area contributed by atoms with E-state index in [4.69, 9.17) is 9.84 Å². The Bertz CT molecular complexity index is 334. The second-order valence-corrected chi connectivity index (χ2v) is 4.32. The van der Waals surface area contributed by atoms with Crippen molar-refractivity contribution in [1.82, 2.24) is 10.2 Å². The van der Waals surface area contributed by atoms with Gasteiger partial charge in [0.1, 0.15) is 6.04 Å². The summed E-state index contributed by atoms with van der Waals surface area (Å²) in [6.45, 7) is 4.79. The Morgan fingerprint density at radius 3 is 2.84 bits per heavy atom. The number of aliphatic hydroxyl groups excluding tert-OH is 1. The van der Waals surface area contributed by atoms with Crippen molar-refractivity contribution in [3.63, 3.8) is 0 Å². The maximum Gasteiger partial charge on any atom is 0.326 e. The van der Waals surface area contributed by atoms with E-state index in [0.29, 0.717) is 19.8 Å². The molecular formula is C12H20N2O5. The van der Waals surface area contributed by atoms with Crippen LogP contribution in [0.2, 0.25) is 0 Å². The SMILES string of the molecule is C=CCCOCCNC(=O)N1C[C@@H](O)C[C@H]1C(=O)O. The zero-order valence-corrected chi connectivity index (χ0v) is 10.7. The lowest BCUT2D eigenvalue weighted by Crippen LogP contribution is -2.46. The third-order valence-corrected chi connectivity index (χ3v) is 2.81. The molecule has 1 aliphatic heterocycles. The molecule has 1 rings (SSSR count). The summed E-state index contributed by atoms with van der Waals surface area (Å²) in [5.41, 5.74) is 0. The summed E-state index contributed by atoms with van der Waals surface area (Å²) in [6.07, 6.45) is 1.77. The van der Waals surface area contributed by atoms with Crippen LogP contribution in [0.1, 0.15) is 12.8 Å². The number of likely N-dealkylation sites (tertiary alicyclic amines) is 1. The van der Waals surface area contributed by atoms with Crippen molar-refractivity contribution in [3.05, 3.63) is 12.7 Å². The molecule has 108 valence electrons. The molecule has 7 heteroatoms. The lowest BCUT2D eigenvalue weighted by Gasteiger charge is -2.21. The molecule has 0 aromatic rings. The molecule has 3 N–H and O–H groups in total. The van der Waals surface area contributed by atoms with Crippen LogP contribution >= 0.6 is 0 Å². The van der Waals surface area contributed by atoms with Crippen molar-refractivity contribution in [1.29, 1.82) is 0 Å². The van der Waals surface area contributed by atoms with Gasteiger partial charge >= 0.3 is 12.0 Å². The van der Waals surface area contributed by atoms with Gasteiger partial charge in [-0.3, -0.25) is 0 Å². The van der Waals surface area contributed by atoms with Crippen LogP contribution in [0.3, 0.4) is 0 Å². The normalized spacial score (nSPS) is 22.3. The molecule has 0 radical (unpaired) electrons. The largest absolute Gasteiger partial charge is 0.480 e. The van der Waals surface area contributed by atoms with Gasteiger partial charge in [-0.2, -0.15) is 0 Å². The predicted octanol–water partition coefficient (Wildman–Crippen LogP) is -0.191. The fourth-order valence-electron chi connectivity index (χ4n) is 1.87. The molecular weight excluding hydrogens is 252 g/mol. The zero-order chi connectivity index (χ0) is 14.3. The van der Waals surface area contributed by atoms with E-state index >= 15 is 0 Å². The topological polar surface area (TPSA) is 99.1 Å². The number of ether oxygens (including phenoxy) is 1. The molecule has 0 aromatic heterocycles. The summed E-state index contributed by atoms with van der Waals surface area (Å²) >= 11 is 0. The highest BCUT2D eigenvalue weighted by Crippen LogP contribution is 2.17. The number of β-amino-alcohol motifs (C(OH)–C–C–N with tert-alkyl or cyclic N) is 1. The maximum atomic E-state index is 11.8. The van der Waals surface area contributed by atoms with Crippen LogP contribution in [0.25, 0.3) is 0 Å². The van der Waals surface area contributed by atoms with Crippen LogP contribution in [0.15, 0.2) is 12.7 Å². The maximum absolute atomic E-state index is 11.8. The van der Waals surface area contributed by atoms with E-state index in [9.17, 15) is 14.7 Å². The van der Waals surface area contributed by atoms with Crippen molar-refractivity contribution in [2.24, 2.45) is 0 Å². The molecule has 7 nitrogen and oxygen atoms in total. The van der Waals surface area contributed by atoms with Crippen LogP contribution in [-0.2, 0) is 9.53 Å². The third-order valence-electron chi connectivity index (χ3n) is 2.81. The van der Waals surface area contributed by atoms with Gasteiger partial charge in [0.15, 0.2) is 0 Å². The average Bonchev–Trinajstić information content (AvgIpc) is 2.76. The van der Waals surface area contributed by atoms with Gasteiger partial charge in [0, 0.05) is 19.5 Å². The van der Waals surface area contributed by atoms with Gasteiger partial charge in [-0.25, -0.2) is 9.59 Å². The van der Waals surface area contributed by atoms with Crippen LogP contribution in [0.5, 0.6) is 0 Å². The summed E-state index contributed by atoms with van der Waals surface area (Å²) in [6, 6.07) is -1.45. The third kappa shape index (κ3) is 4.88. The molecule has 0 bridgehead atoms. The number of aliphatic hydroxyl groups is 1. The summed E-state index contributed by atoms with van der Waals surface area (Å²) in [5, 5.41) is 20.9. The number of amides is 2. The van der Waals surface area contributed by atoms with Gasteiger partial charge in [-0.1, -0.05) is 6.08 Å². The summed E-state index contributed by atoms with van der Waals surface area (Å²) < 4.78 is 5.21. The second kappa shape index (κ2) is 7.75. The molecule has 0 aromatic carbocycles. The number of urea groups is 1. The highest BCUT2D eigenvalue weighted by atomic mass is 16.5. The predicted molar refractivity (Wildman–Crippen MR) is 67.8 cm³/mol. The number of hydrogen-bond acceptors (Lipinski definition) is 4. The first-order valence-electron chi connectivity index (χ1n) is 6.20. The van der Waals surface area contributed by atoms with Crippen molar-refractivity contribution in [3.8, 4) is 0 Å². The first-order valence-corrected chi connectivity index (χ1v) is 6.20. The van der Waals surface area contributed by atoms with Crippen molar-refractivity contribution in [2.75, 3.05) is 26.3 Å². The first kappa shape index (κ1) is 15.5. The van der Waals surface area contributed by atoms with E-state index < -0.39 is 24.1 Å². The number of carbonyl (C=O) groups excluding carboxylic acids is 1. The first-order chi connectivity index (χ1) is 9.06. The number of hydrogen-bond donors (Lipinski definition) is 3. The molecule has 0 saturated carbocycles. The Kier molecular flexibility index (Phi) is 6.31. The Morgan fingerprint density at radius 2 is 2.21 bits per heavy atom. The number of rotatable bonds is 7. The standard InChI is InChI=1S/C12H20N2O5/c1-2-3-5-19-6-4-13-12(18)14-8-9(15)7-10(14)11(16)17/h2,9-10,15H,1,3-8H2,(H,13,18)(H,16,17)/t9-,10-/m0/s1. The quantitative estimate of drug-likeness (QED) is 0.440. The zero-order valence-electron chi connectivity index (χ0n) is 10.7. The number of aliphatic carboxylic acids is 1. The second-order valence-electron chi connectivity index (χ2n) is 4.32. The smallest absolute Gasteiger partial charge is 0.326 e. The molecule has 2 amide bonds. The summed E-state index contributed by atoms with van der Waals surface area (Å²) in [5.74, 6) is -1.10. The van der Waals surface area contributed by atoms with E-state index in [1.165, 1.54) is 0 Å². The van der Waals surface area contributed by atoms with Crippen molar-refractivity contribution in [2.45, 2.75) is 25.0 Å². The Hall–Kier alpha value is -1.60.